The van der Waals surface area contributed by atoms with Crippen LogP contribution in [0.2, 0.25) is 0 Å². The maximum absolute atomic E-state index is 12.2. The minimum Gasteiger partial charge on any atom is -0.388 e. The van der Waals surface area contributed by atoms with Gasteiger partial charge in [0.25, 0.3) is 0 Å². The number of hydrogen-bond donors (Lipinski definition) is 10. The molecule has 0 aliphatic carbocycles. The maximum atomic E-state index is 12.2. The van der Waals surface area contributed by atoms with E-state index < -0.39 is 89.7 Å². The summed E-state index contributed by atoms with van der Waals surface area (Å²) in [4.78, 5) is 32.5. The zero-order valence-corrected chi connectivity index (χ0v) is 20.0. The monoisotopic (exact) mass is 566 g/mol. The minimum atomic E-state index is -5.53. The number of phosphoric acid groups is 2. The average molecular weight is 566 g/mol. The normalized spacial score (nSPS) is 42.6. The second kappa shape index (κ2) is 11.3. The van der Waals surface area contributed by atoms with E-state index in [0.29, 0.717) is 0 Å². The van der Waals surface area contributed by atoms with Crippen molar-refractivity contribution in [1.82, 2.24) is 10.2 Å². The van der Waals surface area contributed by atoms with Crippen LogP contribution < -0.4 is 16.8 Å². The number of aliphatic hydroxyl groups is 5. The number of nitrogens with two attached hydrogens (primary N) is 2. The predicted molar refractivity (Wildman–Crippen MR) is 112 cm³/mol. The molecule has 0 spiro atoms. The second-order valence-corrected chi connectivity index (χ2v) is 10.9. The molecule has 0 aromatic heterocycles. The Balaban J connectivity index is 1.58. The predicted octanol–water partition coefficient (Wildman–Crippen LogP) is -4.73. The van der Waals surface area contributed by atoms with E-state index in [0.717, 1.165) is 4.90 Å². The second-order valence-electron chi connectivity index (χ2n) is 7.94. The minimum absolute atomic E-state index is 0.388. The summed E-state index contributed by atoms with van der Waals surface area (Å²) in [5, 5.41) is 52.1. The molecule has 3 aliphatic rings. The molecular weight excluding hydrogens is 538 g/mol. The van der Waals surface area contributed by atoms with E-state index in [4.69, 9.17) is 20.9 Å². The van der Waals surface area contributed by atoms with Crippen LogP contribution in [0.4, 0.5) is 4.79 Å². The third-order valence-electron chi connectivity index (χ3n) is 5.34. The molecule has 3 aliphatic heterocycles. The van der Waals surface area contributed by atoms with Crippen molar-refractivity contribution in [1.29, 1.82) is 0 Å². The van der Waals surface area contributed by atoms with Gasteiger partial charge in [-0.1, -0.05) is 0 Å². The molecule has 0 aromatic carbocycles. The lowest BCUT2D eigenvalue weighted by Gasteiger charge is -2.39. The Hall–Kier alpha value is -1.09. The first-order valence-electron chi connectivity index (χ1n) is 10.3. The molecule has 0 bridgehead atoms. The van der Waals surface area contributed by atoms with E-state index in [2.05, 4.69) is 18.7 Å². The fourth-order valence-electron chi connectivity index (χ4n) is 3.49. The molecule has 0 aromatic rings. The SMILES string of the molecule is NCC1O[C@H](OP(=O)(O)OP(=O)(O)OCC2OC(N3C=CC(N)NC3=O)[C@H](O)[C@@H]2O)[C@@H](O)C(O)[C@H]1O. The maximum Gasteiger partial charge on any atom is 0.483 e. The van der Waals surface area contributed by atoms with E-state index in [9.17, 15) is 49.2 Å². The highest BCUT2D eigenvalue weighted by Crippen LogP contribution is 2.61. The molecular formula is C15H28N4O15P2. The van der Waals surface area contributed by atoms with Crippen molar-refractivity contribution >= 4 is 21.7 Å². The lowest BCUT2D eigenvalue weighted by atomic mass is 9.99. The van der Waals surface area contributed by atoms with E-state index in [-0.39, 0.29) is 6.54 Å². The average Bonchev–Trinajstić information content (AvgIpc) is 3.06. The Kier molecular flexibility index (Phi) is 9.28. The molecule has 2 saturated heterocycles. The number of carbonyl (C=O) groups excluding carboxylic acids is 1. The van der Waals surface area contributed by atoms with E-state index >= 15 is 0 Å². The Morgan fingerprint density at radius 3 is 2.22 bits per heavy atom. The molecule has 36 heavy (non-hydrogen) atoms. The smallest absolute Gasteiger partial charge is 0.388 e. The summed E-state index contributed by atoms with van der Waals surface area (Å²) in [6, 6.07) is -0.765. The van der Waals surface area contributed by atoms with Gasteiger partial charge in [0.1, 0.15) is 42.7 Å². The Morgan fingerprint density at radius 1 is 0.972 bits per heavy atom. The van der Waals surface area contributed by atoms with Crippen LogP contribution in [0.1, 0.15) is 0 Å². The third-order valence-corrected chi connectivity index (χ3v) is 7.94. The van der Waals surface area contributed by atoms with E-state index in [1.165, 1.54) is 12.3 Å². The van der Waals surface area contributed by atoms with Crippen molar-refractivity contribution in [3.63, 3.8) is 0 Å². The van der Waals surface area contributed by atoms with Crippen LogP contribution in [-0.2, 0) is 32.0 Å². The van der Waals surface area contributed by atoms with Crippen LogP contribution in [0, 0.1) is 0 Å². The van der Waals surface area contributed by atoms with Gasteiger partial charge in [-0.25, -0.2) is 13.9 Å². The van der Waals surface area contributed by atoms with Crippen LogP contribution >= 0.6 is 15.6 Å². The van der Waals surface area contributed by atoms with Crippen LogP contribution in [-0.4, -0.2) is 121 Å². The van der Waals surface area contributed by atoms with Crippen molar-refractivity contribution in [3.05, 3.63) is 12.3 Å². The van der Waals surface area contributed by atoms with Crippen molar-refractivity contribution in [3.8, 4) is 0 Å². The molecule has 21 heteroatoms. The number of urea groups is 1. The summed E-state index contributed by atoms with van der Waals surface area (Å²) in [7, 11) is -11.0. The van der Waals surface area contributed by atoms with Crippen LogP contribution in [0.15, 0.2) is 12.3 Å². The molecule has 3 rings (SSSR count). The number of phosphoric ester groups is 2. The van der Waals surface area contributed by atoms with Crippen molar-refractivity contribution in [2.45, 2.75) is 61.4 Å². The zero-order valence-electron chi connectivity index (χ0n) is 18.2. The van der Waals surface area contributed by atoms with Crippen molar-refractivity contribution in [2.24, 2.45) is 11.5 Å². The number of ether oxygens (including phenoxy) is 2. The Morgan fingerprint density at radius 2 is 1.61 bits per heavy atom. The lowest BCUT2D eigenvalue weighted by molar-refractivity contribution is -0.273. The molecule has 19 nitrogen and oxygen atoms in total. The summed E-state index contributed by atoms with van der Waals surface area (Å²) in [6.45, 7) is -1.36. The molecule has 0 radical (unpaired) electrons. The number of rotatable bonds is 9. The van der Waals surface area contributed by atoms with Crippen LogP contribution in [0.3, 0.4) is 0 Å². The fourth-order valence-corrected chi connectivity index (χ4v) is 5.64. The number of hydrogen-bond acceptors (Lipinski definition) is 15. The largest absolute Gasteiger partial charge is 0.483 e. The number of nitrogens with one attached hydrogen (secondary N) is 1. The number of carbonyl (C=O) groups is 1. The molecule has 2 fully saturated rings. The number of amides is 2. The first-order chi connectivity index (χ1) is 16.7. The first-order valence-corrected chi connectivity index (χ1v) is 13.3. The van der Waals surface area contributed by atoms with Gasteiger partial charge in [0.05, 0.1) is 12.8 Å². The zero-order chi connectivity index (χ0) is 27.0. The Bertz CT molecular complexity index is 925. The molecule has 3 heterocycles. The molecule has 12 atom stereocenters. The summed E-state index contributed by atoms with van der Waals surface area (Å²) < 4.78 is 47.8. The van der Waals surface area contributed by atoms with Gasteiger partial charge in [0.15, 0.2) is 12.5 Å². The molecule has 208 valence electrons. The van der Waals surface area contributed by atoms with Gasteiger partial charge in [0, 0.05) is 12.7 Å². The number of nitrogens with zero attached hydrogens (tertiary/aromatic N) is 1. The number of aliphatic hydroxyl groups excluding tert-OH is 5. The van der Waals surface area contributed by atoms with Gasteiger partial charge >= 0.3 is 21.7 Å². The van der Waals surface area contributed by atoms with E-state index in [1.807, 2.05) is 0 Å². The quantitative estimate of drug-likeness (QED) is 0.117. The summed E-state index contributed by atoms with van der Waals surface area (Å²) in [5.41, 5.74) is 10.9. The topological polar surface area (TPSA) is 306 Å². The third kappa shape index (κ3) is 6.66. The highest BCUT2D eigenvalue weighted by atomic mass is 31.3. The molecule has 12 N–H and O–H groups in total. The molecule has 0 saturated carbocycles. The van der Waals surface area contributed by atoms with E-state index in [1.54, 1.807) is 0 Å². The molecule has 7 unspecified atom stereocenters. The van der Waals surface area contributed by atoms with Crippen molar-refractivity contribution < 1.29 is 72.1 Å². The van der Waals surface area contributed by atoms with Crippen LogP contribution in [0.5, 0.6) is 0 Å². The van der Waals surface area contributed by atoms with Gasteiger partial charge in [-0.15, -0.1) is 0 Å². The van der Waals surface area contributed by atoms with Gasteiger partial charge in [0.2, 0.25) is 0 Å². The highest BCUT2D eigenvalue weighted by Gasteiger charge is 2.50. The van der Waals surface area contributed by atoms with Crippen molar-refractivity contribution in [2.75, 3.05) is 13.2 Å². The summed E-state index contributed by atoms with van der Waals surface area (Å²) in [6.07, 6.45) is -13.6. The van der Waals surface area contributed by atoms with Gasteiger partial charge in [-0.2, -0.15) is 4.31 Å². The Labute approximate surface area is 203 Å². The molecule has 2 amide bonds. The van der Waals surface area contributed by atoms with Crippen LogP contribution in [0.25, 0.3) is 0 Å². The first kappa shape index (κ1) is 29.5. The lowest BCUT2D eigenvalue weighted by Crippen LogP contribution is -2.59. The van der Waals surface area contributed by atoms with Gasteiger partial charge in [-0.3, -0.25) is 13.9 Å². The van der Waals surface area contributed by atoms with Gasteiger partial charge in [-0.05, 0) is 6.08 Å². The fraction of sp³-hybridized carbons (Fsp3) is 0.800. The highest BCUT2D eigenvalue weighted by molar-refractivity contribution is 7.61. The van der Waals surface area contributed by atoms with Gasteiger partial charge < -0.3 is 61.6 Å². The summed E-state index contributed by atoms with van der Waals surface area (Å²) in [5.74, 6) is 0. The summed E-state index contributed by atoms with van der Waals surface area (Å²) >= 11 is 0. The standard InChI is InChI=1S/C15H28N4O15P2/c16-3-5-8(20)10(22)12(24)14(32-5)33-36(28,29)34-35(26,27)30-4-6-9(21)11(23)13(31-6)19-2-1-7(17)18-15(19)25/h1-2,5-14,20-24H,3-4,16-17H2,(H,18,25)(H,26,27)(H,28,29)/t5?,6?,7?,8-,9+,10?,11+,12-,13?,14+/m0/s1.